The summed E-state index contributed by atoms with van der Waals surface area (Å²) in [7, 11) is 0. The molecular formula is C22H24N2. The number of hydrogen-bond donors (Lipinski definition) is 0. The summed E-state index contributed by atoms with van der Waals surface area (Å²) in [6.07, 6.45) is 8.99. The zero-order valence-corrected chi connectivity index (χ0v) is 14.1. The summed E-state index contributed by atoms with van der Waals surface area (Å²) in [5.41, 5.74) is 3.82. The summed E-state index contributed by atoms with van der Waals surface area (Å²) in [6, 6.07) is 13.0. The second-order valence-corrected chi connectivity index (χ2v) is 6.03. The van der Waals surface area contributed by atoms with Crippen molar-refractivity contribution in [2.75, 3.05) is 24.7 Å². The van der Waals surface area contributed by atoms with Gasteiger partial charge in [0, 0.05) is 30.6 Å². The molecule has 0 radical (unpaired) electrons. The van der Waals surface area contributed by atoms with Gasteiger partial charge in [-0.1, -0.05) is 48.6 Å². The number of anilines is 1. The third kappa shape index (κ3) is 3.06. The molecule has 0 bridgehead atoms. The standard InChI is InChI=1S/C22H24N2/c1-4-9-20-16-19-12-7-10-18-11-8-13-21(22(18)19)24(20)17-23(14-5-2)15-6-3/h4-8,10-13,16H,1-3,9,14-15,17H2. The SMILES string of the molecule is C=CCC1=Cc2cccc3cccc(c23)N1CN(CC=C)CC=C. The van der Waals surface area contributed by atoms with Gasteiger partial charge < -0.3 is 4.90 Å². The minimum Gasteiger partial charge on any atom is -0.331 e. The van der Waals surface area contributed by atoms with E-state index in [1.165, 1.54) is 27.7 Å². The maximum Gasteiger partial charge on any atom is 0.0759 e. The topological polar surface area (TPSA) is 6.48 Å². The van der Waals surface area contributed by atoms with E-state index in [-0.39, 0.29) is 0 Å². The quantitative estimate of drug-likeness (QED) is 0.617. The van der Waals surface area contributed by atoms with Gasteiger partial charge in [0.1, 0.15) is 0 Å². The lowest BCUT2D eigenvalue weighted by Gasteiger charge is -2.36. The molecule has 0 saturated heterocycles. The minimum absolute atomic E-state index is 0.811. The van der Waals surface area contributed by atoms with Gasteiger partial charge in [-0.15, -0.1) is 19.7 Å². The summed E-state index contributed by atoms with van der Waals surface area (Å²) in [5.74, 6) is 0. The Morgan fingerprint density at radius 1 is 0.917 bits per heavy atom. The first-order valence-electron chi connectivity index (χ1n) is 8.33. The summed E-state index contributed by atoms with van der Waals surface area (Å²) in [5, 5.41) is 2.60. The fourth-order valence-electron chi connectivity index (χ4n) is 3.35. The molecule has 1 aliphatic heterocycles. The molecule has 2 aromatic carbocycles. The normalized spacial score (nSPS) is 13.0. The molecule has 122 valence electrons. The second kappa shape index (κ2) is 7.33. The van der Waals surface area contributed by atoms with Gasteiger partial charge in [0.05, 0.1) is 12.4 Å². The minimum atomic E-state index is 0.811. The smallest absolute Gasteiger partial charge is 0.0759 e. The van der Waals surface area contributed by atoms with E-state index in [0.29, 0.717) is 0 Å². The number of allylic oxidation sites excluding steroid dienone is 1. The van der Waals surface area contributed by atoms with Crippen LogP contribution < -0.4 is 4.90 Å². The van der Waals surface area contributed by atoms with Crippen LogP contribution in [0.1, 0.15) is 12.0 Å². The molecule has 3 rings (SSSR count). The maximum absolute atomic E-state index is 3.93. The molecule has 0 N–H and O–H groups in total. The van der Waals surface area contributed by atoms with Gasteiger partial charge >= 0.3 is 0 Å². The van der Waals surface area contributed by atoms with E-state index in [1.54, 1.807) is 0 Å². The molecular weight excluding hydrogens is 292 g/mol. The third-order valence-electron chi connectivity index (χ3n) is 4.34. The summed E-state index contributed by atoms with van der Waals surface area (Å²) < 4.78 is 0. The van der Waals surface area contributed by atoms with Crippen molar-refractivity contribution in [2.45, 2.75) is 6.42 Å². The van der Waals surface area contributed by atoms with Crippen LogP contribution in [0, 0.1) is 0 Å². The number of rotatable bonds is 8. The molecule has 0 unspecified atom stereocenters. The van der Waals surface area contributed by atoms with Gasteiger partial charge in [0.25, 0.3) is 0 Å². The van der Waals surface area contributed by atoms with Gasteiger partial charge in [-0.25, -0.2) is 0 Å². The Kier molecular flexibility index (Phi) is 4.97. The van der Waals surface area contributed by atoms with Crippen LogP contribution in [0.2, 0.25) is 0 Å². The van der Waals surface area contributed by atoms with Crippen molar-refractivity contribution in [3.05, 3.63) is 85.6 Å². The van der Waals surface area contributed by atoms with Gasteiger partial charge in [-0.3, -0.25) is 4.90 Å². The van der Waals surface area contributed by atoms with Crippen molar-refractivity contribution in [3.63, 3.8) is 0 Å². The highest BCUT2D eigenvalue weighted by atomic mass is 15.3. The first kappa shape index (κ1) is 16.3. The zero-order chi connectivity index (χ0) is 16.9. The van der Waals surface area contributed by atoms with Crippen molar-refractivity contribution in [1.82, 2.24) is 4.90 Å². The molecule has 1 aliphatic rings. The van der Waals surface area contributed by atoms with Crippen molar-refractivity contribution in [1.29, 1.82) is 0 Å². The summed E-state index contributed by atoms with van der Waals surface area (Å²) in [4.78, 5) is 4.72. The lowest BCUT2D eigenvalue weighted by molar-refractivity contribution is 0.339. The predicted molar refractivity (Wildman–Crippen MR) is 106 cm³/mol. The molecule has 2 aromatic rings. The molecule has 24 heavy (non-hydrogen) atoms. The molecule has 0 aromatic heterocycles. The van der Waals surface area contributed by atoms with E-state index in [0.717, 1.165) is 26.2 Å². The Morgan fingerprint density at radius 3 is 2.29 bits per heavy atom. The van der Waals surface area contributed by atoms with E-state index >= 15 is 0 Å². The molecule has 2 heteroatoms. The highest BCUT2D eigenvalue weighted by molar-refractivity contribution is 6.03. The van der Waals surface area contributed by atoms with Gasteiger partial charge in [0.15, 0.2) is 0 Å². The number of hydrogen-bond acceptors (Lipinski definition) is 2. The Bertz CT molecular complexity index is 785. The Balaban J connectivity index is 2.07. The van der Waals surface area contributed by atoms with E-state index in [9.17, 15) is 0 Å². The first-order chi connectivity index (χ1) is 11.8. The van der Waals surface area contributed by atoms with Crippen LogP contribution in [0.5, 0.6) is 0 Å². The van der Waals surface area contributed by atoms with Crippen molar-refractivity contribution in [3.8, 4) is 0 Å². The van der Waals surface area contributed by atoms with Crippen LogP contribution >= 0.6 is 0 Å². The van der Waals surface area contributed by atoms with Crippen LogP contribution in [-0.2, 0) is 0 Å². The van der Waals surface area contributed by atoms with Crippen LogP contribution in [0.25, 0.3) is 16.8 Å². The fraction of sp³-hybridized carbons (Fsp3) is 0.182. The summed E-state index contributed by atoms with van der Waals surface area (Å²) in [6.45, 7) is 14.2. The zero-order valence-electron chi connectivity index (χ0n) is 14.1. The lowest BCUT2D eigenvalue weighted by Crippen LogP contribution is -2.38. The first-order valence-corrected chi connectivity index (χ1v) is 8.33. The van der Waals surface area contributed by atoms with E-state index in [2.05, 4.69) is 72.0 Å². The van der Waals surface area contributed by atoms with Gasteiger partial charge in [-0.05, 0) is 23.1 Å². The van der Waals surface area contributed by atoms with Crippen molar-refractivity contribution in [2.24, 2.45) is 0 Å². The van der Waals surface area contributed by atoms with Crippen molar-refractivity contribution < 1.29 is 0 Å². The molecule has 2 nitrogen and oxygen atoms in total. The monoisotopic (exact) mass is 316 g/mol. The lowest BCUT2D eigenvalue weighted by atomic mass is 9.97. The maximum atomic E-state index is 3.93. The Morgan fingerprint density at radius 2 is 1.62 bits per heavy atom. The van der Waals surface area contributed by atoms with E-state index < -0.39 is 0 Å². The van der Waals surface area contributed by atoms with Crippen LogP contribution in [-0.4, -0.2) is 24.7 Å². The van der Waals surface area contributed by atoms with Crippen LogP contribution in [0.15, 0.2) is 80.1 Å². The van der Waals surface area contributed by atoms with Crippen molar-refractivity contribution >= 4 is 22.5 Å². The predicted octanol–water partition coefficient (Wildman–Crippen LogP) is 5.21. The highest BCUT2D eigenvalue weighted by Crippen LogP contribution is 2.38. The van der Waals surface area contributed by atoms with E-state index in [1.807, 2.05) is 18.2 Å². The summed E-state index contributed by atoms with van der Waals surface area (Å²) >= 11 is 0. The number of benzene rings is 2. The molecule has 0 amide bonds. The largest absolute Gasteiger partial charge is 0.331 e. The molecule has 1 heterocycles. The Hall–Kier alpha value is -2.58. The molecule has 0 aliphatic carbocycles. The molecule has 0 spiro atoms. The number of nitrogens with zero attached hydrogens (tertiary/aromatic N) is 2. The average Bonchev–Trinajstić information content (AvgIpc) is 2.59. The molecule has 0 atom stereocenters. The fourth-order valence-corrected chi connectivity index (χ4v) is 3.35. The average molecular weight is 316 g/mol. The Labute approximate surface area is 144 Å². The third-order valence-corrected chi connectivity index (χ3v) is 4.34. The van der Waals surface area contributed by atoms with Crippen LogP contribution in [0.4, 0.5) is 5.69 Å². The second-order valence-electron chi connectivity index (χ2n) is 6.03. The van der Waals surface area contributed by atoms with Crippen LogP contribution in [0.3, 0.4) is 0 Å². The van der Waals surface area contributed by atoms with Gasteiger partial charge in [0.2, 0.25) is 0 Å². The van der Waals surface area contributed by atoms with E-state index in [4.69, 9.17) is 0 Å². The molecule has 0 fully saturated rings. The van der Waals surface area contributed by atoms with Gasteiger partial charge in [-0.2, -0.15) is 0 Å². The molecule has 0 saturated carbocycles. The highest BCUT2D eigenvalue weighted by Gasteiger charge is 2.21.